The van der Waals surface area contributed by atoms with Crippen LogP contribution in [-0.2, 0) is 17.9 Å². The van der Waals surface area contributed by atoms with E-state index in [1.165, 1.54) is 6.92 Å². The molecule has 6 nitrogen and oxygen atoms in total. The number of benzene rings is 2. The maximum Gasteiger partial charge on any atom is 0.221 e. The van der Waals surface area contributed by atoms with E-state index in [1.54, 1.807) is 14.2 Å². The van der Waals surface area contributed by atoms with Crippen molar-refractivity contribution < 1.29 is 9.53 Å². The first-order valence-electron chi connectivity index (χ1n) is 8.54. The molecule has 0 saturated carbocycles. The van der Waals surface area contributed by atoms with Crippen LogP contribution in [0.25, 0.3) is 0 Å². The Labute approximate surface area is 188 Å². The number of aliphatic imine (C=N–C) groups is 1. The van der Waals surface area contributed by atoms with Gasteiger partial charge in [-0.1, -0.05) is 35.9 Å². The van der Waals surface area contributed by atoms with Gasteiger partial charge < -0.3 is 20.3 Å². The highest BCUT2D eigenvalue weighted by Gasteiger charge is 2.10. The van der Waals surface area contributed by atoms with Gasteiger partial charge in [0.2, 0.25) is 5.91 Å². The van der Waals surface area contributed by atoms with Crippen molar-refractivity contribution in [1.82, 2.24) is 10.2 Å². The van der Waals surface area contributed by atoms with Gasteiger partial charge in [0.1, 0.15) is 5.75 Å². The molecule has 0 unspecified atom stereocenters. The van der Waals surface area contributed by atoms with E-state index in [2.05, 4.69) is 15.6 Å². The van der Waals surface area contributed by atoms with Gasteiger partial charge in [-0.3, -0.25) is 9.79 Å². The molecule has 0 saturated heterocycles. The van der Waals surface area contributed by atoms with Crippen LogP contribution < -0.4 is 15.4 Å². The van der Waals surface area contributed by atoms with Crippen molar-refractivity contribution in [3.63, 3.8) is 0 Å². The fourth-order valence-corrected chi connectivity index (χ4v) is 2.87. The molecule has 2 aromatic rings. The van der Waals surface area contributed by atoms with Crippen molar-refractivity contribution in [3.05, 3.63) is 58.6 Å². The highest BCUT2D eigenvalue weighted by Crippen LogP contribution is 2.25. The number of hydrogen-bond donors (Lipinski definition) is 2. The van der Waals surface area contributed by atoms with Gasteiger partial charge in [0.05, 0.1) is 12.8 Å². The number of carbonyl (C=O) groups is 1. The van der Waals surface area contributed by atoms with E-state index in [1.807, 2.05) is 54.4 Å². The number of rotatable bonds is 6. The van der Waals surface area contributed by atoms with Crippen LogP contribution in [0.1, 0.15) is 18.1 Å². The zero-order valence-corrected chi connectivity index (χ0v) is 19.5. The van der Waals surface area contributed by atoms with Crippen LogP contribution in [0.15, 0.2) is 47.5 Å². The van der Waals surface area contributed by atoms with Crippen molar-refractivity contribution in [1.29, 1.82) is 0 Å². The molecule has 2 N–H and O–H groups in total. The predicted molar refractivity (Wildman–Crippen MR) is 126 cm³/mol. The lowest BCUT2D eigenvalue weighted by Crippen LogP contribution is -2.38. The Morgan fingerprint density at radius 3 is 2.57 bits per heavy atom. The second kappa shape index (κ2) is 11.8. The number of amides is 1. The molecule has 28 heavy (non-hydrogen) atoms. The summed E-state index contributed by atoms with van der Waals surface area (Å²) in [5, 5.41) is 6.83. The number of anilines is 1. The molecule has 0 atom stereocenters. The fourth-order valence-electron chi connectivity index (χ4n) is 2.68. The first-order valence-corrected chi connectivity index (χ1v) is 8.92. The van der Waals surface area contributed by atoms with Crippen LogP contribution in [-0.4, -0.2) is 38.0 Å². The Hall–Kier alpha value is -2.00. The number of guanidine groups is 1. The summed E-state index contributed by atoms with van der Waals surface area (Å²) >= 11 is 6.24. The highest BCUT2D eigenvalue weighted by atomic mass is 127. The maximum atomic E-state index is 11.4. The standard InChI is InChI=1S/C20H25ClN4O2.HI/c1-14(26)24-18-11-15(9-10-19(18)27-4)12-23-20(22-2)25(3)13-16-7-5-6-8-17(16)21;/h5-11H,12-13H2,1-4H3,(H,22,23)(H,24,26);1H. The van der Waals surface area contributed by atoms with Gasteiger partial charge in [-0.2, -0.15) is 0 Å². The number of nitrogens with one attached hydrogen (secondary N) is 2. The summed E-state index contributed by atoms with van der Waals surface area (Å²) in [5.41, 5.74) is 2.66. The normalized spacial score (nSPS) is 10.7. The summed E-state index contributed by atoms with van der Waals surface area (Å²) in [6.07, 6.45) is 0. The number of carbonyl (C=O) groups excluding carboxylic acids is 1. The molecule has 0 aliphatic heterocycles. The predicted octanol–water partition coefficient (Wildman–Crippen LogP) is 4.13. The second-order valence-electron chi connectivity index (χ2n) is 6.06. The van der Waals surface area contributed by atoms with Gasteiger partial charge in [0.15, 0.2) is 5.96 Å². The molecule has 0 heterocycles. The van der Waals surface area contributed by atoms with Crippen molar-refractivity contribution in [2.24, 2.45) is 4.99 Å². The Bertz CT molecular complexity index is 830. The van der Waals surface area contributed by atoms with E-state index >= 15 is 0 Å². The van der Waals surface area contributed by atoms with Crippen LogP contribution in [0.2, 0.25) is 5.02 Å². The minimum absolute atomic E-state index is 0. The van der Waals surface area contributed by atoms with Crippen molar-refractivity contribution in [2.45, 2.75) is 20.0 Å². The molecule has 0 aliphatic carbocycles. The van der Waals surface area contributed by atoms with Crippen LogP contribution in [0, 0.1) is 0 Å². The molecule has 2 rings (SSSR count). The first kappa shape index (κ1) is 24.0. The first-order chi connectivity index (χ1) is 12.9. The van der Waals surface area contributed by atoms with Gasteiger partial charge in [0, 0.05) is 39.1 Å². The maximum absolute atomic E-state index is 11.4. The smallest absolute Gasteiger partial charge is 0.221 e. The molecule has 0 radical (unpaired) electrons. The summed E-state index contributed by atoms with van der Waals surface area (Å²) in [7, 11) is 5.27. The van der Waals surface area contributed by atoms with Gasteiger partial charge in [0.25, 0.3) is 0 Å². The van der Waals surface area contributed by atoms with Gasteiger partial charge in [-0.25, -0.2) is 0 Å². The van der Waals surface area contributed by atoms with Crippen molar-refractivity contribution in [2.75, 3.05) is 26.5 Å². The van der Waals surface area contributed by atoms with Crippen LogP contribution in [0.4, 0.5) is 5.69 Å². The lowest BCUT2D eigenvalue weighted by atomic mass is 10.2. The van der Waals surface area contributed by atoms with Gasteiger partial charge >= 0.3 is 0 Å². The molecule has 0 aromatic heterocycles. The summed E-state index contributed by atoms with van der Waals surface area (Å²) in [5.74, 6) is 1.22. The number of nitrogens with zero attached hydrogens (tertiary/aromatic N) is 2. The average molecular weight is 517 g/mol. The third kappa shape index (κ3) is 6.87. The van der Waals surface area contributed by atoms with E-state index in [-0.39, 0.29) is 29.9 Å². The molecule has 0 bridgehead atoms. The molecule has 0 spiro atoms. The summed E-state index contributed by atoms with van der Waals surface area (Å²) < 4.78 is 5.28. The summed E-state index contributed by atoms with van der Waals surface area (Å²) in [6, 6.07) is 13.4. The van der Waals surface area contributed by atoms with Crippen LogP contribution in [0.5, 0.6) is 5.75 Å². The van der Waals surface area contributed by atoms with Crippen molar-refractivity contribution >= 4 is 53.1 Å². The third-order valence-corrected chi connectivity index (χ3v) is 4.33. The van der Waals surface area contributed by atoms with Gasteiger partial charge in [-0.15, -0.1) is 24.0 Å². The molecule has 2 aromatic carbocycles. The third-order valence-electron chi connectivity index (χ3n) is 3.96. The number of methoxy groups -OCH3 is 1. The number of halogens is 2. The molecule has 0 fully saturated rings. The quantitative estimate of drug-likeness (QED) is 0.344. The van der Waals surface area contributed by atoms with Crippen LogP contribution >= 0.6 is 35.6 Å². The molecule has 1 amide bonds. The highest BCUT2D eigenvalue weighted by molar-refractivity contribution is 14.0. The van der Waals surface area contributed by atoms with E-state index in [9.17, 15) is 4.79 Å². The monoisotopic (exact) mass is 516 g/mol. The van der Waals surface area contributed by atoms with E-state index < -0.39 is 0 Å². The fraction of sp³-hybridized carbons (Fsp3) is 0.300. The Morgan fingerprint density at radius 2 is 1.96 bits per heavy atom. The summed E-state index contributed by atoms with van der Waals surface area (Å²) in [6.45, 7) is 2.66. The SMILES string of the molecule is CN=C(NCc1ccc(OC)c(NC(C)=O)c1)N(C)Cc1ccccc1Cl.I. The lowest BCUT2D eigenvalue weighted by molar-refractivity contribution is -0.114. The Morgan fingerprint density at radius 1 is 1.25 bits per heavy atom. The molecule has 0 aliphatic rings. The minimum Gasteiger partial charge on any atom is -0.495 e. The minimum atomic E-state index is -0.145. The van der Waals surface area contributed by atoms with Crippen LogP contribution in [0.3, 0.4) is 0 Å². The van der Waals surface area contributed by atoms with E-state index in [0.29, 0.717) is 24.5 Å². The van der Waals surface area contributed by atoms with Gasteiger partial charge in [-0.05, 0) is 29.3 Å². The molecular weight excluding hydrogens is 491 g/mol. The van der Waals surface area contributed by atoms with Crippen molar-refractivity contribution in [3.8, 4) is 5.75 Å². The average Bonchev–Trinajstić information content (AvgIpc) is 2.64. The Balaban J connectivity index is 0.00000392. The topological polar surface area (TPSA) is 66.0 Å². The zero-order valence-electron chi connectivity index (χ0n) is 16.5. The molecular formula is C20H26ClIN4O2. The molecule has 8 heteroatoms. The summed E-state index contributed by atoms with van der Waals surface area (Å²) in [4.78, 5) is 17.7. The second-order valence-corrected chi connectivity index (χ2v) is 6.47. The van der Waals surface area contributed by atoms with E-state index in [4.69, 9.17) is 16.3 Å². The molecule has 152 valence electrons. The zero-order chi connectivity index (χ0) is 19.8. The largest absolute Gasteiger partial charge is 0.495 e. The Kier molecular flexibility index (Phi) is 10.1. The lowest BCUT2D eigenvalue weighted by Gasteiger charge is -2.23. The number of ether oxygens (including phenoxy) is 1. The van der Waals surface area contributed by atoms with E-state index in [0.717, 1.165) is 22.1 Å². The number of hydrogen-bond acceptors (Lipinski definition) is 3.